The molecular weight excluding hydrogens is 218 g/mol. The predicted molar refractivity (Wildman–Crippen MR) is 53.7 cm³/mol. The summed E-state index contributed by atoms with van der Waals surface area (Å²) in [6.07, 6.45) is -0.0584. The van der Waals surface area contributed by atoms with Gasteiger partial charge in [0.25, 0.3) is 5.91 Å². The number of carbonyl (C=O) groups is 2. The van der Waals surface area contributed by atoms with E-state index in [9.17, 15) is 9.59 Å². The van der Waals surface area contributed by atoms with Crippen molar-refractivity contribution in [1.29, 1.82) is 0 Å². The van der Waals surface area contributed by atoms with Crippen molar-refractivity contribution >= 4 is 23.4 Å². The van der Waals surface area contributed by atoms with E-state index in [0.29, 0.717) is 6.54 Å². The van der Waals surface area contributed by atoms with Gasteiger partial charge in [0, 0.05) is 18.5 Å². The summed E-state index contributed by atoms with van der Waals surface area (Å²) in [5.74, 6) is -1.19. The number of carboxylic acid groups (broad SMARTS) is 1. The molecule has 0 aliphatic heterocycles. The van der Waals surface area contributed by atoms with Crippen LogP contribution in [0.4, 0.5) is 0 Å². The summed E-state index contributed by atoms with van der Waals surface area (Å²) < 4.78 is 3.58. The van der Waals surface area contributed by atoms with Crippen molar-refractivity contribution in [2.75, 3.05) is 13.1 Å². The zero-order chi connectivity index (χ0) is 11.3. The van der Waals surface area contributed by atoms with E-state index in [0.717, 1.165) is 11.5 Å². The summed E-state index contributed by atoms with van der Waals surface area (Å²) in [6, 6.07) is 0. The maximum Gasteiger partial charge on any atom is 0.305 e. The van der Waals surface area contributed by atoms with Gasteiger partial charge in [0.05, 0.1) is 6.42 Å². The molecule has 6 nitrogen and oxygen atoms in total. The Labute approximate surface area is 90.7 Å². The maximum absolute atomic E-state index is 11.7. The Bertz CT molecular complexity index is 339. The Balaban J connectivity index is 2.59. The highest BCUT2D eigenvalue weighted by Gasteiger charge is 2.17. The number of aromatic nitrogens is 2. The highest BCUT2D eigenvalue weighted by molar-refractivity contribution is 7.03. The molecule has 0 saturated heterocycles. The molecule has 1 N–H and O–H groups in total. The molecule has 0 fully saturated rings. The first kappa shape index (κ1) is 11.6. The highest BCUT2D eigenvalue weighted by atomic mass is 32.1. The molecule has 0 aromatic carbocycles. The third-order valence-corrected chi connectivity index (χ3v) is 2.35. The monoisotopic (exact) mass is 229 g/mol. The van der Waals surface area contributed by atoms with Crippen molar-refractivity contribution in [3.05, 3.63) is 11.1 Å². The molecule has 1 aromatic heterocycles. The van der Waals surface area contributed by atoms with Crippen molar-refractivity contribution in [3.8, 4) is 0 Å². The summed E-state index contributed by atoms with van der Waals surface area (Å²) in [7, 11) is 0. The van der Waals surface area contributed by atoms with Crippen LogP contribution in [-0.4, -0.2) is 44.6 Å². The number of hydrogen-bond acceptors (Lipinski definition) is 5. The molecule has 0 bridgehead atoms. The number of carboxylic acids is 1. The molecule has 0 spiro atoms. The Kier molecular flexibility index (Phi) is 4.17. The Morgan fingerprint density at radius 2 is 2.33 bits per heavy atom. The van der Waals surface area contributed by atoms with E-state index in [1.54, 1.807) is 12.3 Å². The van der Waals surface area contributed by atoms with E-state index in [1.807, 2.05) is 0 Å². The van der Waals surface area contributed by atoms with Crippen molar-refractivity contribution < 1.29 is 14.7 Å². The normalized spacial score (nSPS) is 9.93. The number of carbonyl (C=O) groups excluding carboxylic acids is 1. The molecule has 0 aliphatic rings. The third-order valence-electron chi connectivity index (χ3n) is 1.84. The zero-order valence-corrected chi connectivity index (χ0v) is 9.03. The minimum absolute atomic E-state index is 0.0584. The minimum Gasteiger partial charge on any atom is -0.481 e. The molecule has 82 valence electrons. The third kappa shape index (κ3) is 3.28. The minimum atomic E-state index is -0.919. The smallest absolute Gasteiger partial charge is 0.305 e. The quantitative estimate of drug-likeness (QED) is 0.793. The van der Waals surface area contributed by atoms with Crippen LogP contribution in [0.1, 0.15) is 23.8 Å². The molecule has 0 aliphatic carbocycles. The first-order valence-corrected chi connectivity index (χ1v) is 5.27. The van der Waals surface area contributed by atoms with Crippen LogP contribution in [-0.2, 0) is 4.79 Å². The molecule has 7 heteroatoms. The van der Waals surface area contributed by atoms with Crippen LogP contribution in [0.15, 0.2) is 5.38 Å². The van der Waals surface area contributed by atoms with E-state index in [-0.39, 0.29) is 24.6 Å². The molecule has 1 amide bonds. The van der Waals surface area contributed by atoms with Gasteiger partial charge < -0.3 is 10.0 Å². The molecule has 1 heterocycles. The molecule has 1 rings (SSSR count). The second kappa shape index (κ2) is 5.40. The standard InChI is InChI=1S/C8H11N3O3S/c1-2-11(4-3-7(12)13)8(14)6-5-15-10-9-6/h5H,2-4H2,1H3,(H,12,13). The summed E-state index contributed by atoms with van der Waals surface area (Å²) in [5.41, 5.74) is 0.271. The summed E-state index contributed by atoms with van der Waals surface area (Å²) in [6.45, 7) is 2.45. The molecule has 0 radical (unpaired) electrons. The lowest BCUT2D eigenvalue weighted by molar-refractivity contribution is -0.137. The van der Waals surface area contributed by atoms with E-state index in [2.05, 4.69) is 9.59 Å². The Morgan fingerprint density at radius 1 is 1.60 bits per heavy atom. The van der Waals surface area contributed by atoms with Gasteiger partial charge in [-0.1, -0.05) is 4.49 Å². The van der Waals surface area contributed by atoms with E-state index >= 15 is 0 Å². The Hall–Kier alpha value is -1.50. The SMILES string of the molecule is CCN(CCC(=O)O)C(=O)c1csnn1. The molecule has 15 heavy (non-hydrogen) atoms. The van der Waals surface area contributed by atoms with Crippen LogP contribution in [0.2, 0.25) is 0 Å². The van der Waals surface area contributed by atoms with Crippen LogP contribution in [0.3, 0.4) is 0 Å². The second-order valence-electron chi connectivity index (χ2n) is 2.82. The van der Waals surface area contributed by atoms with E-state index in [1.165, 1.54) is 4.90 Å². The Morgan fingerprint density at radius 3 is 2.80 bits per heavy atom. The average molecular weight is 229 g/mol. The van der Waals surface area contributed by atoms with Crippen LogP contribution < -0.4 is 0 Å². The van der Waals surface area contributed by atoms with Crippen molar-refractivity contribution in [1.82, 2.24) is 14.5 Å². The second-order valence-corrected chi connectivity index (χ2v) is 3.43. The highest BCUT2D eigenvalue weighted by Crippen LogP contribution is 2.03. The topological polar surface area (TPSA) is 83.4 Å². The molecule has 0 unspecified atom stereocenters. The lowest BCUT2D eigenvalue weighted by atomic mass is 10.3. The lowest BCUT2D eigenvalue weighted by Crippen LogP contribution is -2.33. The van der Waals surface area contributed by atoms with Gasteiger partial charge in [-0.15, -0.1) is 5.10 Å². The van der Waals surface area contributed by atoms with Gasteiger partial charge in [-0.3, -0.25) is 9.59 Å². The average Bonchev–Trinajstić information content (AvgIpc) is 2.70. The largest absolute Gasteiger partial charge is 0.481 e. The molecule has 1 aromatic rings. The number of amides is 1. The predicted octanol–water partition coefficient (Wildman–Crippen LogP) is 0.475. The lowest BCUT2D eigenvalue weighted by Gasteiger charge is -2.18. The maximum atomic E-state index is 11.7. The van der Waals surface area contributed by atoms with Gasteiger partial charge in [0.2, 0.25) is 0 Å². The first-order chi connectivity index (χ1) is 7.15. The fourth-order valence-electron chi connectivity index (χ4n) is 1.05. The van der Waals surface area contributed by atoms with Gasteiger partial charge in [0.1, 0.15) is 0 Å². The number of rotatable bonds is 5. The fraction of sp³-hybridized carbons (Fsp3) is 0.500. The van der Waals surface area contributed by atoms with Crippen LogP contribution in [0.5, 0.6) is 0 Å². The van der Waals surface area contributed by atoms with Crippen molar-refractivity contribution in [2.45, 2.75) is 13.3 Å². The van der Waals surface area contributed by atoms with Gasteiger partial charge in [-0.2, -0.15) is 0 Å². The van der Waals surface area contributed by atoms with Crippen LogP contribution in [0.25, 0.3) is 0 Å². The van der Waals surface area contributed by atoms with Crippen molar-refractivity contribution in [2.24, 2.45) is 0 Å². The summed E-state index contributed by atoms with van der Waals surface area (Å²) in [4.78, 5) is 23.5. The first-order valence-electron chi connectivity index (χ1n) is 4.43. The fourth-order valence-corrected chi connectivity index (χ4v) is 1.48. The molecule has 0 saturated carbocycles. The van der Waals surface area contributed by atoms with Crippen LogP contribution >= 0.6 is 11.5 Å². The van der Waals surface area contributed by atoms with Gasteiger partial charge in [-0.05, 0) is 18.5 Å². The number of nitrogens with zero attached hydrogens (tertiary/aromatic N) is 3. The van der Waals surface area contributed by atoms with Gasteiger partial charge in [0.15, 0.2) is 5.69 Å². The van der Waals surface area contributed by atoms with Gasteiger partial charge >= 0.3 is 5.97 Å². The number of hydrogen-bond donors (Lipinski definition) is 1. The van der Waals surface area contributed by atoms with E-state index in [4.69, 9.17) is 5.11 Å². The summed E-state index contributed by atoms with van der Waals surface area (Å²) >= 11 is 1.10. The van der Waals surface area contributed by atoms with Gasteiger partial charge in [-0.25, -0.2) is 0 Å². The summed E-state index contributed by atoms with van der Waals surface area (Å²) in [5, 5.41) is 13.7. The number of aliphatic carboxylic acids is 1. The van der Waals surface area contributed by atoms with E-state index < -0.39 is 5.97 Å². The molecule has 0 atom stereocenters. The van der Waals surface area contributed by atoms with Crippen LogP contribution in [0, 0.1) is 0 Å². The molecular formula is C8H11N3O3S. The van der Waals surface area contributed by atoms with Crippen molar-refractivity contribution in [3.63, 3.8) is 0 Å². The zero-order valence-electron chi connectivity index (χ0n) is 8.21.